The minimum atomic E-state index is -1.01. The number of pyridine rings is 1. The van der Waals surface area contributed by atoms with Crippen molar-refractivity contribution >= 4 is 5.82 Å². The predicted octanol–water partition coefficient (Wildman–Crippen LogP) is 3.87. The van der Waals surface area contributed by atoms with E-state index in [2.05, 4.69) is 20.3 Å². The van der Waals surface area contributed by atoms with Gasteiger partial charge in [0.05, 0.1) is 31.2 Å². The lowest BCUT2D eigenvalue weighted by atomic mass is 9.96. The Hall–Kier alpha value is -3.40. The Bertz CT molecular complexity index is 1210. The monoisotopic (exact) mass is 471 g/mol. The Morgan fingerprint density at radius 3 is 2.65 bits per heavy atom. The zero-order chi connectivity index (χ0) is 24.0. The van der Waals surface area contributed by atoms with Crippen LogP contribution in [0.25, 0.3) is 22.4 Å². The summed E-state index contributed by atoms with van der Waals surface area (Å²) in [6.45, 7) is 0. The van der Waals surface area contributed by atoms with Crippen LogP contribution in [0.5, 0.6) is 11.6 Å². The molecule has 4 heterocycles. The number of phenols is 1. The van der Waals surface area contributed by atoms with Gasteiger partial charge in [0.15, 0.2) is 0 Å². The molecule has 1 aromatic carbocycles. The maximum atomic E-state index is 14.9. The van der Waals surface area contributed by atoms with Gasteiger partial charge in [-0.15, -0.1) is 0 Å². The van der Waals surface area contributed by atoms with Crippen molar-refractivity contribution in [1.82, 2.24) is 20.3 Å². The van der Waals surface area contributed by atoms with Crippen LogP contribution in [-0.2, 0) is 0 Å². The van der Waals surface area contributed by atoms with Gasteiger partial charge < -0.3 is 20.1 Å². The van der Waals surface area contributed by atoms with Gasteiger partial charge in [-0.25, -0.2) is 13.8 Å². The van der Waals surface area contributed by atoms with Crippen LogP contribution in [0.3, 0.4) is 0 Å². The van der Waals surface area contributed by atoms with Crippen molar-refractivity contribution in [3.05, 3.63) is 48.4 Å². The summed E-state index contributed by atoms with van der Waals surface area (Å²) in [4.78, 5) is 14.1. The van der Waals surface area contributed by atoms with Crippen LogP contribution in [0.2, 0.25) is 0 Å². The smallest absolute Gasteiger partial charge is 0.216 e. The molecule has 0 amide bonds. The number of benzene rings is 1. The number of nitrogens with one attached hydrogen (secondary N) is 1. The van der Waals surface area contributed by atoms with Gasteiger partial charge in [0, 0.05) is 42.4 Å². The number of aromatic hydroxyl groups is 1. The molecule has 2 fully saturated rings. The largest absolute Gasteiger partial charge is 0.507 e. The van der Waals surface area contributed by atoms with Crippen LogP contribution in [0.15, 0.2) is 36.7 Å². The minimum Gasteiger partial charge on any atom is -0.507 e. The summed E-state index contributed by atoms with van der Waals surface area (Å²) in [6, 6.07) is 4.60. The molecule has 2 N–H and O–H groups in total. The number of alkyl halides is 1. The number of phenolic OH excluding ortho intramolecular Hbond substituents is 1. The SMILES string of the molecule is COc1cc(-c2cc(O)c(-c3cnc(N(C)[C@H]4C[C@@H]5CC[C@@H](N5)[C@H]4F)cn3)cc2F)cc(F)n1. The molecule has 3 aromatic rings. The molecule has 178 valence electrons. The van der Waals surface area contributed by atoms with Crippen LogP contribution in [0.4, 0.5) is 19.0 Å². The second-order valence-electron chi connectivity index (χ2n) is 8.74. The maximum absolute atomic E-state index is 14.9. The van der Waals surface area contributed by atoms with E-state index in [1.165, 1.54) is 31.6 Å². The molecule has 5 rings (SSSR count). The number of halogens is 3. The summed E-state index contributed by atoms with van der Waals surface area (Å²) < 4.78 is 48.5. The third-order valence-corrected chi connectivity index (χ3v) is 6.70. The van der Waals surface area contributed by atoms with E-state index in [0.717, 1.165) is 25.0 Å². The van der Waals surface area contributed by atoms with Crippen LogP contribution < -0.4 is 15.0 Å². The van der Waals surface area contributed by atoms with Crippen molar-refractivity contribution in [3.8, 4) is 34.0 Å². The van der Waals surface area contributed by atoms with Crippen molar-refractivity contribution in [2.75, 3.05) is 19.1 Å². The minimum absolute atomic E-state index is 0.0131. The third kappa shape index (κ3) is 4.02. The number of anilines is 1. The first kappa shape index (κ1) is 22.4. The summed E-state index contributed by atoms with van der Waals surface area (Å²) >= 11 is 0. The molecule has 2 aromatic heterocycles. The molecule has 7 nitrogen and oxygen atoms in total. The maximum Gasteiger partial charge on any atom is 0.216 e. The van der Waals surface area contributed by atoms with Crippen molar-refractivity contribution < 1.29 is 23.0 Å². The van der Waals surface area contributed by atoms with E-state index in [9.17, 15) is 18.3 Å². The van der Waals surface area contributed by atoms with E-state index in [4.69, 9.17) is 4.74 Å². The Morgan fingerprint density at radius 1 is 1.09 bits per heavy atom. The Morgan fingerprint density at radius 2 is 1.91 bits per heavy atom. The van der Waals surface area contributed by atoms with Gasteiger partial charge >= 0.3 is 0 Å². The number of aromatic nitrogens is 3. The second-order valence-corrected chi connectivity index (χ2v) is 8.74. The average Bonchev–Trinajstić information content (AvgIpc) is 3.25. The van der Waals surface area contributed by atoms with Gasteiger partial charge in [-0.3, -0.25) is 4.98 Å². The van der Waals surface area contributed by atoms with Gasteiger partial charge in [-0.2, -0.15) is 9.37 Å². The molecule has 2 saturated heterocycles. The van der Waals surface area contributed by atoms with E-state index in [1.807, 2.05) is 0 Å². The zero-order valence-corrected chi connectivity index (χ0v) is 18.7. The van der Waals surface area contributed by atoms with Gasteiger partial charge in [0.2, 0.25) is 11.8 Å². The molecule has 0 unspecified atom stereocenters. The van der Waals surface area contributed by atoms with E-state index in [1.54, 1.807) is 11.9 Å². The number of fused-ring (bicyclic) bond motifs is 2. The number of hydrogen-bond donors (Lipinski definition) is 2. The Labute approximate surface area is 194 Å². The van der Waals surface area contributed by atoms with Crippen molar-refractivity contribution in [1.29, 1.82) is 0 Å². The summed E-state index contributed by atoms with van der Waals surface area (Å²) in [5.74, 6) is -1.29. The highest BCUT2D eigenvalue weighted by Gasteiger charge is 2.43. The fourth-order valence-corrected chi connectivity index (χ4v) is 4.88. The predicted molar refractivity (Wildman–Crippen MR) is 120 cm³/mol. The van der Waals surface area contributed by atoms with Gasteiger partial charge in [0.25, 0.3) is 0 Å². The molecular weight excluding hydrogens is 447 g/mol. The van der Waals surface area contributed by atoms with Gasteiger partial charge in [-0.1, -0.05) is 0 Å². The molecule has 0 spiro atoms. The Kier molecular flexibility index (Phi) is 5.76. The fraction of sp³-hybridized carbons (Fsp3) is 0.375. The van der Waals surface area contributed by atoms with Crippen LogP contribution in [0, 0.1) is 11.8 Å². The van der Waals surface area contributed by atoms with E-state index in [0.29, 0.717) is 18.3 Å². The lowest BCUT2D eigenvalue weighted by molar-refractivity contribution is 0.176. The average molecular weight is 471 g/mol. The highest BCUT2D eigenvalue weighted by molar-refractivity contribution is 5.75. The fourth-order valence-electron chi connectivity index (χ4n) is 4.88. The number of rotatable bonds is 5. The molecule has 10 heteroatoms. The van der Waals surface area contributed by atoms with Crippen LogP contribution in [0.1, 0.15) is 19.3 Å². The van der Waals surface area contributed by atoms with Gasteiger partial charge in [-0.05, 0) is 37.0 Å². The standard InChI is InChI=1S/C24H24F3N5O2/c1-32(19-7-13-3-4-17(30-13)24(19)27)22-11-28-18(10-29-22)15-8-16(25)14(9-20(15)33)12-5-21(26)31-23(6-12)34-2/h5-6,8-11,13,17,19,24,30,33H,3-4,7H2,1-2H3/t13-,17+,19-,24+/m0/s1. The first-order chi connectivity index (χ1) is 16.3. The first-order valence-corrected chi connectivity index (χ1v) is 11.0. The first-order valence-electron chi connectivity index (χ1n) is 11.0. The molecule has 2 aliphatic rings. The van der Waals surface area contributed by atoms with E-state index >= 15 is 0 Å². The van der Waals surface area contributed by atoms with E-state index in [-0.39, 0.29) is 46.1 Å². The second kappa shape index (κ2) is 8.75. The lowest BCUT2D eigenvalue weighted by Crippen LogP contribution is -2.55. The summed E-state index contributed by atoms with van der Waals surface area (Å²) in [5.41, 5.74) is 0.539. The third-order valence-electron chi connectivity index (χ3n) is 6.70. The number of ether oxygens (including phenoxy) is 1. The molecule has 34 heavy (non-hydrogen) atoms. The number of piperidine rings is 1. The number of hydrogen-bond acceptors (Lipinski definition) is 7. The zero-order valence-electron chi connectivity index (χ0n) is 18.7. The number of methoxy groups -OCH3 is 1. The van der Waals surface area contributed by atoms with Crippen LogP contribution >= 0.6 is 0 Å². The van der Waals surface area contributed by atoms with Crippen LogP contribution in [-0.4, -0.2) is 58.5 Å². The normalized spacial score (nSPS) is 23.7. The molecule has 0 radical (unpaired) electrons. The summed E-state index contributed by atoms with van der Waals surface area (Å²) in [6.07, 6.45) is 4.39. The van der Waals surface area contributed by atoms with Crippen molar-refractivity contribution in [3.63, 3.8) is 0 Å². The molecule has 2 bridgehead atoms. The topological polar surface area (TPSA) is 83.4 Å². The highest BCUT2D eigenvalue weighted by atomic mass is 19.1. The van der Waals surface area contributed by atoms with Gasteiger partial charge in [0.1, 0.15) is 23.6 Å². The lowest BCUT2D eigenvalue weighted by Gasteiger charge is -2.38. The molecule has 4 atom stereocenters. The summed E-state index contributed by atoms with van der Waals surface area (Å²) in [5, 5.41) is 13.9. The molecule has 0 saturated carbocycles. The quantitative estimate of drug-likeness (QED) is 0.547. The van der Waals surface area contributed by atoms with Crippen molar-refractivity contribution in [2.45, 2.75) is 43.6 Å². The highest BCUT2D eigenvalue weighted by Crippen LogP contribution is 2.37. The number of nitrogens with zero attached hydrogens (tertiary/aromatic N) is 4. The molecule has 2 aliphatic heterocycles. The van der Waals surface area contributed by atoms with E-state index < -0.39 is 17.9 Å². The summed E-state index contributed by atoms with van der Waals surface area (Å²) in [7, 11) is 3.12. The Balaban J connectivity index is 1.40. The molecule has 0 aliphatic carbocycles. The van der Waals surface area contributed by atoms with Crippen molar-refractivity contribution in [2.24, 2.45) is 0 Å². The molecular formula is C24H24F3N5O2.